The summed E-state index contributed by atoms with van der Waals surface area (Å²) in [6.45, 7) is 2.45. The Balaban J connectivity index is 2.07. The van der Waals surface area contributed by atoms with Crippen molar-refractivity contribution >= 4 is 17.6 Å². The Morgan fingerprint density at radius 1 is 1.10 bits per heavy atom. The van der Waals surface area contributed by atoms with Crippen molar-refractivity contribution in [1.82, 2.24) is 9.80 Å². The number of piperazine rings is 1. The van der Waals surface area contributed by atoms with Crippen LogP contribution in [0.2, 0.25) is 0 Å². The number of hydrogen-bond donors (Lipinski definition) is 0. The Kier molecular flexibility index (Phi) is 4.30. The van der Waals surface area contributed by atoms with Gasteiger partial charge in [-0.2, -0.15) is 0 Å². The average Bonchev–Trinajstić information content (AvgIpc) is 2.47. The lowest BCUT2D eigenvalue weighted by molar-refractivity contribution is -0.155. The van der Waals surface area contributed by atoms with Crippen molar-refractivity contribution in [3.05, 3.63) is 35.4 Å². The van der Waals surface area contributed by atoms with Crippen LogP contribution in [0.15, 0.2) is 18.2 Å². The molecule has 0 bridgehead atoms. The third-order valence-corrected chi connectivity index (χ3v) is 3.35. The summed E-state index contributed by atoms with van der Waals surface area (Å²) >= 11 is 0. The van der Waals surface area contributed by atoms with E-state index >= 15 is 0 Å². The van der Waals surface area contributed by atoms with E-state index in [-0.39, 0.29) is 18.7 Å². The highest BCUT2D eigenvalue weighted by molar-refractivity contribution is 6.35. The molecule has 0 N–H and O–H groups in total. The van der Waals surface area contributed by atoms with Crippen molar-refractivity contribution in [2.24, 2.45) is 0 Å². The van der Waals surface area contributed by atoms with Gasteiger partial charge in [-0.3, -0.25) is 14.4 Å². The molecule has 2 amide bonds. The predicted octanol–water partition coefficient (Wildman–Crippen LogP) is 0.838. The van der Waals surface area contributed by atoms with Crippen LogP contribution in [0.3, 0.4) is 0 Å². The summed E-state index contributed by atoms with van der Waals surface area (Å²) in [5, 5.41) is 0. The number of likely N-dealkylation sites (N-methyl/N-ethyl adjacent to an activating group) is 1. The lowest BCUT2D eigenvalue weighted by Gasteiger charge is -2.32. The zero-order valence-corrected chi connectivity index (χ0v) is 11.4. The van der Waals surface area contributed by atoms with E-state index in [2.05, 4.69) is 0 Å². The molecule has 1 aliphatic heterocycles. The van der Waals surface area contributed by atoms with Gasteiger partial charge in [-0.25, -0.2) is 8.78 Å². The number of rotatable bonds is 4. The molecular weight excluding hydrogens is 282 g/mol. The molecule has 0 spiro atoms. The Labute approximate surface area is 120 Å². The normalized spacial score (nSPS) is 15.6. The Hall–Kier alpha value is -2.31. The molecule has 0 saturated carbocycles. The summed E-state index contributed by atoms with van der Waals surface area (Å²) in [5.74, 6) is -4.12. The van der Waals surface area contributed by atoms with Crippen LogP contribution < -0.4 is 0 Å². The number of amides is 2. The maximum atomic E-state index is 13.1. The largest absolute Gasteiger partial charge is 0.333 e. The van der Waals surface area contributed by atoms with Crippen LogP contribution in [-0.4, -0.2) is 53.6 Å². The number of nitrogens with zero attached hydrogens (tertiary/aromatic N) is 2. The van der Waals surface area contributed by atoms with E-state index in [9.17, 15) is 23.2 Å². The number of Topliss-reactive ketones (excluding diaryl/α,β-unsaturated/α-hetero) is 1. The van der Waals surface area contributed by atoms with Crippen LogP contribution in [0.25, 0.3) is 0 Å². The van der Waals surface area contributed by atoms with Crippen LogP contribution in [0.4, 0.5) is 8.78 Å². The van der Waals surface area contributed by atoms with Gasteiger partial charge in [-0.1, -0.05) is 0 Å². The van der Waals surface area contributed by atoms with Crippen LogP contribution >= 0.6 is 0 Å². The number of halogens is 2. The number of benzene rings is 1. The van der Waals surface area contributed by atoms with Crippen LogP contribution in [-0.2, 0) is 9.59 Å². The molecule has 1 fully saturated rings. The third-order valence-electron chi connectivity index (χ3n) is 3.35. The fourth-order valence-electron chi connectivity index (χ4n) is 2.10. The van der Waals surface area contributed by atoms with E-state index in [0.29, 0.717) is 13.1 Å². The molecular formula is C14H14F2N2O3. The fraction of sp³-hybridized carbons (Fsp3) is 0.357. The van der Waals surface area contributed by atoms with Crippen molar-refractivity contribution in [2.75, 3.05) is 26.2 Å². The van der Waals surface area contributed by atoms with E-state index in [0.717, 1.165) is 23.1 Å². The van der Waals surface area contributed by atoms with Crippen LogP contribution in [0, 0.1) is 11.6 Å². The third kappa shape index (κ3) is 3.07. The Bertz CT molecular complexity index is 604. The fourth-order valence-corrected chi connectivity index (χ4v) is 2.10. The molecule has 21 heavy (non-hydrogen) atoms. The molecule has 1 aliphatic rings. The van der Waals surface area contributed by atoms with Crippen molar-refractivity contribution in [2.45, 2.75) is 6.92 Å². The Morgan fingerprint density at radius 2 is 1.71 bits per heavy atom. The molecule has 7 heteroatoms. The first kappa shape index (κ1) is 15.1. The standard InChI is InChI=1S/C14H14F2N2O3/c1-2-17-5-6-18(14(21)13(17)20)8-12(19)9-3-4-10(15)11(16)7-9/h3-4,7H,2,5-6,8H2,1H3. The lowest BCUT2D eigenvalue weighted by atomic mass is 10.1. The van der Waals surface area contributed by atoms with Crippen molar-refractivity contribution in [1.29, 1.82) is 0 Å². The first-order valence-corrected chi connectivity index (χ1v) is 6.50. The van der Waals surface area contributed by atoms with E-state index < -0.39 is 29.2 Å². The molecule has 1 heterocycles. The molecule has 0 aliphatic carbocycles. The van der Waals surface area contributed by atoms with Crippen molar-refractivity contribution < 1.29 is 23.2 Å². The highest BCUT2D eigenvalue weighted by atomic mass is 19.2. The van der Waals surface area contributed by atoms with Gasteiger partial charge >= 0.3 is 11.8 Å². The highest BCUT2D eigenvalue weighted by Crippen LogP contribution is 2.11. The summed E-state index contributed by atoms with van der Waals surface area (Å²) in [6.07, 6.45) is 0. The van der Waals surface area contributed by atoms with Gasteiger partial charge in [0.1, 0.15) is 0 Å². The molecule has 112 valence electrons. The molecule has 0 aromatic heterocycles. The predicted molar refractivity (Wildman–Crippen MR) is 69.5 cm³/mol. The van der Waals surface area contributed by atoms with Gasteiger partial charge in [0.05, 0.1) is 6.54 Å². The van der Waals surface area contributed by atoms with E-state index in [1.807, 2.05) is 0 Å². The summed E-state index contributed by atoms with van der Waals surface area (Å²) in [6, 6.07) is 2.78. The minimum absolute atomic E-state index is 0.0351. The highest BCUT2D eigenvalue weighted by Gasteiger charge is 2.32. The lowest BCUT2D eigenvalue weighted by Crippen LogP contribution is -2.55. The van der Waals surface area contributed by atoms with Gasteiger partial charge in [0.15, 0.2) is 17.4 Å². The zero-order valence-electron chi connectivity index (χ0n) is 11.4. The minimum atomic E-state index is -1.13. The second kappa shape index (κ2) is 5.99. The maximum Gasteiger partial charge on any atom is 0.312 e. The molecule has 1 aromatic carbocycles. The van der Waals surface area contributed by atoms with E-state index in [4.69, 9.17) is 0 Å². The maximum absolute atomic E-state index is 13.1. The second-order valence-electron chi connectivity index (χ2n) is 4.66. The van der Waals surface area contributed by atoms with Gasteiger partial charge in [-0.15, -0.1) is 0 Å². The summed E-state index contributed by atoms with van der Waals surface area (Å²) in [5.41, 5.74) is -0.0351. The monoisotopic (exact) mass is 296 g/mol. The number of carbonyl (C=O) groups is 3. The van der Waals surface area contributed by atoms with Crippen LogP contribution in [0.1, 0.15) is 17.3 Å². The van der Waals surface area contributed by atoms with E-state index in [1.165, 1.54) is 4.90 Å². The number of ketones is 1. The van der Waals surface area contributed by atoms with Crippen molar-refractivity contribution in [3.8, 4) is 0 Å². The second-order valence-corrected chi connectivity index (χ2v) is 4.66. The first-order valence-electron chi connectivity index (χ1n) is 6.50. The Morgan fingerprint density at radius 3 is 2.33 bits per heavy atom. The molecule has 5 nitrogen and oxygen atoms in total. The molecule has 0 radical (unpaired) electrons. The number of carbonyl (C=O) groups excluding carboxylic acids is 3. The molecule has 2 rings (SSSR count). The van der Waals surface area contributed by atoms with Crippen molar-refractivity contribution in [3.63, 3.8) is 0 Å². The molecule has 0 unspecified atom stereocenters. The minimum Gasteiger partial charge on any atom is -0.333 e. The van der Waals surface area contributed by atoms with Gasteiger partial charge in [0.2, 0.25) is 0 Å². The van der Waals surface area contributed by atoms with Gasteiger partial charge in [0.25, 0.3) is 0 Å². The molecule has 0 atom stereocenters. The van der Waals surface area contributed by atoms with Gasteiger partial charge in [0, 0.05) is 25.2 Å². The first-order chi connectivity index (χ1) is 9.93. The summed E-state index contributed by atoms with van der Waals surface area (Å²) < 4.78 is 25.9. The summed E-state index contributed by atoms with van der Waals surface area (Å²) in [4.78, 5) is 38.0. The van der Waals surface area contributed by atoms with Gasteiger partial charge in [-0.05, 0) is 25.1 Å². The molecule has 1 aromatic rings. The smallest absolute Gasteiger partial charge is 0.312 e. The molecule has 1 saturated heterocycles. The van der Waals surface area contributed by atoms with Gasteiger partial charge < -0.3 is 9.80 Å². The number of hydrogen-bond acceptors (Lipinski definition) is 3. The average molecular weight is 296 g/mol. The quantitative estimate of drug-likeness (QED) is 0.611. The van der Waals surface area contributed by atoms with E-state index in [1.54, 1.807) is 6.92 Å². The summed E-state index contributed by atoms with van der Waals surface area (Å²) in [7, 11) is 0. The topological polar surface area (TPSA) is 57.7 Å². The SMILES string of the molecule is CCN1CCN(CC(=O)c2ccc(F)c(F)c2)C(=O)C1=O. The zero-order chi connectivity index (χ0) is 15.6. The van der Waals surface area contributed by atoms with Crippen LogP contribution in [0.5, 0.6) is 0 Å².